The molecule has 0 aliphatic carbocycles. The van der Waals surface area contributed by atoms with E-state index in [0.717, 1.165) is 17.9 Å². The molecule has 3 nitrogen and oxygen atoms in total. The number of nitrogens with zero attached hydrogens (tertiary/aromatic N) is 1. The lowest BCUT2D eigenvalue weighted by Gasteiger charge is -2.12. The number of hydrogen-bond acceptors (Lipinski definition) is 3. The summed E-state index contributed by atoms with van der Waals surface area (Å²) in [6.07, 6.45) is 2.98. The van der Waals surface area contributed by atoms with E-state index < -0.39 is 0 Å². The number of hydrogen-bond donors (Lipinski definition) is 2. The highest BCUT2D eigenvalue weighted by Gasteiger charge is 2.16. The van der Waals surface area contributed by atoms with Gasteiger partial charge in [-0.3, -0.25) is 0 Å². The van der Waals surface area contributed by atoms with Crippen molar-refractivity contribution < 1.29 is 0 Å². The van der Waals surface area contributed by atoms with Crippen molar-refractivity contribution in [3.05, 3.63) is 64.9 Å². The third-order valence-electron chi connectivity index (χ3n) is 3.64. The fourth-order valence-corrected chi connectivity index (χ4v) is 3.36. The molecule has 2 aromatic heterocycles. The Morgan fingerprint density at radius 1 is 1.19 bits per heavy atom. The molecule has 1 aromatic carbocycles. The molecule has 0 spiro atoms. The molecular weight excluding hydrogens is 278 g/mol. The molecule has 0 bridgehead atoms. The van der Waals surface area contributed by atoms with Crippen LogP contribution in [-0.2, 0) is 6.42 Å². The topological polar surface area (TPSA) is 54.7 Å². The number of benzene rings is 1. The highest BCUT2D eigenvalue weighted by molar-refractivity contribution is 7.15. The normalized spacial score (nSPS) is 12.5. The summed E-state index contributed by atoms with van der Waals surface area (Å²) in [5.74, 6) is 1.05. The fraction of sp³-hybridized carbons (Fsp3) is 0.235. The summed E-state index contributed by atoms with van der Waals surface area (Å²) in [6.45, 7) is 2.72. The first-order valence-corrected chi connectivity index (χ1v) is 8.02. The maximum atomic E-state index is 5.95. The Kier molecular flexibility index (Phi) is 4.18. The maximum absolute atomic E-state index is 5.95. The minimum absolute atomic E-state index is 0.116. The van der Waals surface area contributed by atoms with E-state index in [9.17, 15) is 0 Å². The van der Waals surface area contributed by atoms with Gasteiger partial charge in [0.05, 0.1) is 22.7 Å². The smallest absolute Gasteiger partial charge is 0.115 e. The fourth-order valence-electron chi connectivity index (χ4n) is 2.44. The molecule has 21 heavy (non-hydrogen) atoms. The molecule has 3 aromatic rings. The van der Waals surface area contributed by atoms with Crippen LogP contribution in [0.25, 0.3) is 10.6 Å². The lowest BCUT2D eigenvalue weighted by molar-refractivity contribution is 0.765. The van der Waals surface area contributed by atoms with Gasteiger partial charge >= 0.3 is 0 Å². The summed E-state index contributed by atoms with van der Waals surface area (Å²) in [6, 6.07) is 14.6. The van der Waals surface area contributed by atoms with Gasteiger partial charge in [0.15, 0.2) is 0 Å². The Morgan fingerprint density at radius 2 is 2.00 bits per heavy atom. The molecule has 4 heteroatoms. The zero-order valence-corrected chi connectivity index (χ0v) is 12.9. The molecule has 1 atom stereocenters. The zero-order valence-electron chi connectivity index (χ0n) is 12.0. The number of H-pyrrole nitrogens is 1. The Balaban J connectivity index is 1.90. The predicted molar refractivity (Wildman–Crippen MR) is 88.6 cm³/mol. The van der Waals surface area contributed by atoms with Crippen molar-refractivity contribution in [2.45, 2.75) is 19.3 Å². The van der Waals surface area contributed by atoms with Gasteiger partial charge in [0.1, 0.15) is 5.82 Å². The van der Waals surface area contributed by atoms with Crippen LogP contribution in [0.5, 0.6) is 0 Å². The van der Waals surface area contributed by atoms with Crippen LogP contribution in [0.2, 0.25) is 0 Å². The monoisotopic (exact) mass is 297 g/mol. The minimum Gasteiger partial charge on any atom is -0.341 e. The number of thiophene rings is 1. The van der Waals surface area contributed by atoms with Gasteiger partial charge in [-0.15, -0.1) is 11.3 Å². The molecule has 0 fully saturated rings. The molecule has 108 valence electrons. The SMILES string of the molecule is CCc1ccc(-c2cnc(C(CN)c3ccccc3)[nH]2)s1. The standard InChI is InChI=1S/C17H19N3S/c1-2-13-8-9-16(21-13)15-11-19-17(20-15)14(10-18)12-6-4-3-5-7-12/h3-9,11,14H,2,10,18H2,1H3,(H,19,20). The van der Waals surface area contributed by atoms with E-state index in [1.54, 1.807) is 0 Å². The number of nitrogens with one attached hydrogen (secondary N) is 1. The maximum Gasteiger partial charge on any atom is 0.115 e. The van der Waals surface area contributed by atoms with E-state index in [1.807, 2.05) is 35.7 Å². The molecule has 2 heterocycles. The molecule has 0 aliphatic rings. The van der Waals surface area contributed by atoms with Gasteiger partial charge in [0.25, 0.3) is 0 Å². The lowest BCUT2D eigenvalue weighted by Crippen LogP contribution is -2.15. The van der Waals surface area contributed by atoms with Crippen molar-refractivity contribution in [2.75, 3.05) is 6.54 Å². The second-order valence-corrected chi connectivity index (χ2v) is 6.17. The second-order valence-electron chi connectivity index (χ2n) is 5.00. The number of rotatable bonds is 5. The molecular formula is C17H19N3S. The van der Waals surface area contributed by atoms with E-state index in [1.165, 1.54) is 15.3 Å². The van der Waals surface area contributed by atoms with Crippen LogP contribution in [0, 0.1) is 0 Å². The summed E-state index contributed by atoms with van der Waals surface area (Å²) >= 11 is 1.81. The lowest BCUT2D eigenvalue weighted by atomic mass is 9.99. The highest BCUT2D eigenvalue weighted by atomic mass is 32.1. The van der Waals surface area contributed by atoms with Gasteiger partial charge in [0.2, 0.25) is 0 Å². The molecule has 0 aliphatic heterocycles. The Bertz CT molecular complexity index is 700. The highest BCUT2D eigenvalue weighted by Crippen LogP contribution is 2.29. The van der Waals surface area contributed by atoms with Crippen LogP contribution in [0.15, 0.2) is 48.7 Å². The summed E-state index contributed by atoms with van der Waals surface area (Å²) in [5, 5.41) is 0. The first kappa shape index (κ1) is 14.0. The van der Waals surface area contributed by atoms with Gasteiger partial charge in [-0.05, 0) is 24.1 Å². The quantitative estimate of drug-likeness (QED) is 0.753. The first-order valence-electron chi connectivity index (χ1n) is 7.20. The van der Waals surface area contributed by atoms with E-state index >= 15 is 0 Å². The summed E-state index contributed by atoms with van der Waals surface area (Å²) in [5.41, 5.74) is 8.22. The van der Waals surface area contributed by atoms with Gasteiger partial charge in [0, 0.05) is 11.4 Å². The minimum atomic E-state index is 0.116. The average Bonchev–Trinajstić information content (AvgIpc) is 3.18. The molecule has 0 saturated heterocycles. The van der Waals surface area contributed by atoms with Gasteiger partial charge in [-0.1, -0.05) is 37.3 Å². The Labute approximate surface area is 128 Å². The molecule has 0 radical (unpaired) electrons. The molecule has 0 saturated carbocycles. The number of aromatic amines is 1. The number of nitrogens with two attached hydrogens (primary N) is 1. The third kappa shape index (κ3) is 2.91. The van der Waals surface area contributed by atoms with Crippen LogP contribution in [-0.4, -0.2) is 16.5 Å². The Hall–Kier alpha value is -1.91. The largest absolute Gasteiger partial charge is 0.341 e. The van der Waals surface area contributed by atoms with Crippen LogP contribution in [0.4, 0.5) is 0 Å². The molecule has 3 rings (SSSR count). The number of aromatic nitrogens is 2. The van der Waals surface area contributed by atoms with Crippen LogP contribution in [0.1, 0.15) is 29.1 Å². The summed E-state index contributed by atoms with van der Waals surface area (Å²) < 4.78 is 0. The van der Waals surface area contributed by atoms with Crippen molar-refractivity contribution in [1.82, 2.24) is 9.97 Å². The van der Waals surface area contributed by atoms with Crippen molar-refractivity contribution in [2.24, 2.45) is 5.73 Å². The van der Waals surface area contributed by atoms with Gasteiger partial charge in [-0.25, -0.2) is 4.98 Å². The van der Waals surface area contributed by atoms with Crippen molar-refractivity contribution in [3.8, 4) is 10.6 Å². The number of imidazole rings is 1. The molecule has 3 N–H and O–H groups in total. The van der Waals surface area contributed by atoms with E-state index in [2.05, 4.69) is 41.2 Å². The Morgan fingerprint density at radius 3 is 2.67 bits per heavy atom. The van der Waals surface area contributed by atoms with Crippen molar-refractivity contribution in [3.63, 3.8) is 0 Å². The average molecular weight is 297 g/mol. The summed E-state index contributed by atoms with van der Waals surface area (Å²) in [4.78, 5) is 10.6. The third-order valence-corrected chi connectivity index (χ3v) is 4.90. The van der Waals surface area contributed by atoms with Crippen molar-refractivity contribution in [1.29, 1.82) is 0 Å². The van der Waals surface area contributed by atoms with Crippen molar-refractivity contribution >= 4 is 11.3 Å². The zero-order chi connectivity index (χ0) is 14.7. The number of aryl methyl sites for hydroxylation is 1. The first-order chi connectivity index (χ1) is 10.3. The predicted octanol–water partition coefficient (Wildman–Crippen LogP) is 3.79. The molecule has 0 amide bonds. The van der Waals surface area contributed by atoms with Gasteiger partial charge < -0.3 is 10.7 Å². The van der Waals surface area contributed by atoms with Crippen LogP contribution in [0.3, 0.4) is 0 Å². The summed E-state index contributed by atoms with van der Waals surface area (Å²) in [7, 11) is 0. The second kappa shape index (κ2) is 6.24. The van der Waals surface area contributed by atoms with E-state index in [-0.39, 0.29) is 5.92 Å². The van der Waals surface area contributed by atoms with E-state index in [0.29, 0.717) is 6.54 Å². The van der Waals surface area contributed by atoms with Crippen LogP contribution < -0.4 is 5.73 Å². The van der Waals surface area contributed by atoms with Crippen LogP contribution >= 0.6 is 11.3 Å². The van der Waals surface area contributed by atoms with E-state index in [4.69, 9.17) is 5.73 Å². The molecule has 1 unspecified atom stereocenters. The van der Waals surface area contributed by atoms with Gasteiger partial charge in [-0.2, -0.15) is 0 Å².